The molecule has 5 aromatic rings. The van der Waals surface area contributed by atoms with Crippen LogP contribution in [0.25, 0.3) is 33.9 Å². The van der Waals surface area contributed by atoms with Crippen molar-refractivity contribution in [1.29, 1.82) is 0 Å². The van der Waals surface area contributed by atoms with Crippen LogP contribution in [0, 0.1) is 11.7 Å². The molecule has 3 aromatic heterocycles. The van der Waals surface area contributed by atoms with Gasteiger partial charge in [-0.05, 0) is 60.7 Å². The summed E-state index contributed by atoms with van der Waals surface area (Å²) in [7, 11) is 1.62. The van der Waals surface area contributed by atoms with Gasteiger partial charge >= 0.3 is 0 Å². The number of nitrogens with zero attached hydrogens (tertiary/aromatic N) is 6. The Morgan fingerprint density at radius 1 is 1.15 bits per heavy atom. The van der Waals surface area contributed by atoms with E-state index in [4.69, 9.17) is 20.2 Å². The van der Waals surface area contributed by atoms with Crippen LogP contribution in [0.2, 0.25) is 0 Å². The number of aromatic nitrogens is 6. The Labute approximate surface area is 236 Å². The Balaban J connectivity index is 1.32. The van der Waals surface area contributed by atoms with Crippen LogP contribution in [0.15, 0.2) is 55.0 Å². The molecule has 0 aliphatic carbocycles. The van der Waals surface area contributed by atoms with Gasteiger partial charge in [0.15, 0.2) is 5.82 Å². The molecule has 0 spiro atoms. The van der Waals surface area contributed by atoms with Gasteiger partial charge in [-0.2, -0.15) is 0 Å². The number of rotatable bonds is 8. The number of methoxy groups -OCH3 is 1. The molecule has 1 aliphatic heterocycles. The van der Waals surface area contributed by atoms with Gasteiger partial charge in [0.2, 0.25) is 11.7 Å². The Bertz CT molecular complexity index is 1730. The lowest BCUT2D eigenvalue weighted by Gasteiger charge is -2.17. The lowest BCUT2D eigenvalue weighted by Crippen LogP contribution is -2.22. The predicted molar refractivity (Wildman–Crippen MR) is 151 cm³/mol. The molecule has 0 bridgehead atoms. The zero-order chi connectivity index (χ0) is 28.5. The molecule has 1 amide bonds. The Morgan fingerprint density at radius 2 is 1.98 bits per heavy atom. The minimum absolute atomic E-state index is 0.0674. The van der Waals surface area contributed by atoms with Gasteiger partial charge in [-0.3, -0.25) is 4.79 Å². The zero-order valence-corrected chi connectivity index (χ0v) is 22.9. The lowest BCUT2D eigenvalue weighted by molar-refractivity contribution is -0.121. The highest BCUT2D eigenvalue weighted by Crippen LogP contribution is 2.35. The lowest BCUT2D eigenvalue weighted by atomic mass is 10.00. The van der Waals surface area contributed by atoms with E-state index in [1.165, 1.54) is 6.07 Å². The molecule has 0 unspecified atom stereocenters. The maximum atomic E-state index is 15.5. The van der Waals surface area contributed by atoms with E-state index in [2.05, 4.69) is 19.6 Å². The van der Waals surface area contributed by atoms with E-state index in [1.54, 1.807) is 31.2 Å². The summed E-state index contributed by atoms with van der Waals surface area (Å²) in [5.41, 5.74) is 9.58. The fourth-order valence-corrected chi connectivity index (χ4v) is 5.08. The van der Waals surface area contributed by atoms with Crippen LogP contribution in [-0.2, 0) is 24.3 Å². The molecule has 10 nitrogen and oxygen atoms in total. The summed E-state index contributed by atoms with van der Waals surface area (Å²) in [4.78, 5) is 25.2. The van der Waals surface area contributed by atoms with Crippen molar-refractivity contribution in [2.75, 3.05) is 13.7 Å². The molecule has 1 aliphatic rings. The summed E-state index contributed by atoms with van der Waals surface area (Å²) in [6.07, 6.45) is 5.40. The number of nitrogens with two attached hydrogens (primary N) is 1. The summed E-state index contributed by atoms with van der Waals surface area (Å²) in [5.74, 6) is 1.05. The van der Waals surface area contributed by atoms with Crippen molar-refractivity contribution in [3.63, 3.8) is 0 Å². The van der Waals surface area contributed by atoms with E-state index in [9.17, 15) is 4.79 Å². The van der Waals surface area contributed by atoms with E-state index in [1.807, 2.05) is 36.4 Å². The maximum absolute atomic E-state index is 15.5. The van der Waals surface area contributed by atoms with E-state index >= 15 is 4.39 Å². The fraction of sp³-hybridized carbons (Fsp3) is 0.300. The number of benzene rings is 2. The number of halogens is 1. The number of primary amides is 1. The summed E-state index contributed by atoms with van der Waals surface area (Å²) in [5, 5.41) is 4.44. The molecule has 0 radical (unpaired) electrons. The second-order valence-corrected chi connectivity index (χ2v) is 10.3. The SMILES string of the molecule is COc1ccc(Cn2cnc(-c3ncc(-c4nc5cc(C[C@@H](C)C(N)=O)cc6c5n4CCCCO6)cc3F)n2)cc1. The number of ether oxygens (including phenoxy) is 2. The predicted octanol–water partition coefficient (Wildman–Crippen LogP) is 4.39. The molecule has 4 heterocycles. The number of hydrogen-bond donors (Lipinski definition) is 1. The number of hydrogen-bond acceptors (Lipinski definition) is 7. The molecule has 210 valence electrons. The smallest absolute Gasteiger partial charge is 0.220 e. The Kier molecular flexibility index (Phi) is 7.08. The van der Waals surface area contributed by atoms with Crippen molar-refractivity contribution in [3.05, 3.63) is 71.9 Å². The summed E-state index contributed by atoms with van der Waals surface area (Å²) < 4.78 is 30.5. The van der Waals surface area contributed by atoms with Gasteiger partial charge < -0.3 is 19.8 Å². The molecule has 6 rings (SSSR count). The van der Waals surface area contributed by atoms with E-state index in [0.29, 0.717) is 43.3 Å². The van der Waals surface area contributed by atoms with Crippen molar-refractivity contribution < 1.29 is 18.7 Å². The van der Waals surface area contributed by atoms with Crippen LogP contribution in [0.1, 0.15) is 30.9 Å². The van der Waals surface area contributed by atoms with Crippen LogP contribution in [0.5, 0.6) is 11.5 Å². The zero-order valence-electron chi connectivity index (χ0n) is 22.9. The molecule has 2 N–H and O–H groups in total. The second kappa shape index (κ2) is 11.0. The highest BCUT2D eigenvalue weighted by Gasteiger charge is 2.22. The van der Waals surface area contributed by atoms with Crippen LogP contribution in [0.4, 0.5) is 4.39 Å². The minimum Gasteiger partial charge on any atom is -0.497 e. The second-order valence-electron chi connectivity index (χ2n) is 10.3. The van der Waals surface area contributed by atoms with Gasteiger partial charge in [0.1, 0.15) is 34.9 Å². The van der Waals surface area contributed by atoms with Crippen molar-refractivity contribution >= 4 is 16.9 Å². The Hall–Kier alpha value is -4.80. The van der Waals surface area contributed by atoms with E-state index in [0.717, 1.165) is 40.8 Å². The topological polar surface area (TPSA) is 123 Å². The van der Waals surface area contributed by atoms with Crippen molar-refractivity contribution in [1.82, 2.24) is 29.3 Å². The molecule has 11 heteroatoms. The molecule has 41 heavy (non-hydrogen) atoms. The number of amides is 1. The largest absolute Gasteiger partial charge is 0.497 e. The van der Waals surface area contributed by atoms with Gasteiger partial charge in [-0.1, -0.05) is 19.1 Å². The third-order valence-corrected chi connectivity index (χ3v) is 7.28. The summed E-state index contributed by atoms with van der Waals surface area (Å²) >= 11 is 0. The van der Waals surface area contributed by atoms with Crippen molar-refractivity contribution in [2.45, 2.75) is 39.3 Å². The van der Waals surface area contributed by atoms with Gasteiger partial charge in [0, 0.05) is 24.2 Å². The van der Waals surface area contributed by atoms with Gasteiger partial charge in [0.25, 0.3) is 0 Å². The van der Waals surface area contributed by atoms with E-state index < -0.39 is 5.82 Å². The first kappa shape index (κ1) is 26.4. The molecule has 2 aromatic carbocycles. The molecule has 0 saturated carbocycles. The van der Waals surface area contributed by atoms with Crippen molar-refractivity contribution in [3.8, 4) is 34.4 Å². The highest BCUT2D eigenvalue weighted by molar-refractivity contribution is 5.87. The first-order valence-corrected chi connectivity index (χ1v) is 13.5. The average molecular weight is 556 g/mol. The number of carbonyl (C=O) groups excluding carboxylic acids is 1. The van der Waals surface area contributed by atoms with Crippen LogP contribution >= 0.6 is 0 Å². The minimum atomic E-state index is -0.539. The fourth-order valence-electron chi connectivity index (χ4n) is 5.08. The highest BCUT2D eigenvalue weighted by atomic mass is 19.1. The monoisotopic (exact) mass is 555 g/mol. The van der Waals surface area contributed by atoms with Crippen molar-refractivity contribution in [2.24, 2.45) is 11.7 Å². The average Bonchev–Trinajstić information content (AvgIpc) is 3.56. The van der Waals surface area contributed by atoms with Crippen LogP contribution < -0.4 is 15.2 Å². The Morgan fingerprint density at radius 3 is 2.73 bits per heavy atom. The third-order valence-electron chi connectivity index (χ3n) is 7.28. The van der Waals surface area contributed by atoms with Gasteiger partial charge in [-0.25, -0.2) is 24.0 Å². The number of aryl methyl sites for hydroxylation is 1. The molecule has 0 saturated heterocycles. The van der Waals surface area contributed by atoms with Gasteiger partial charge in [-0.15, -0.1) is 5.10 Å². The standard InChI is InChI=1S/C30H30FN7O3/c1-18(28(32)39)11-20-12-24-27-25(13-20)41-10-4-3-9-38(27)30(35-24)21-14-23(31)26(33-15-21)29-34-17-37(36-29)16-19-5-7-22(40-2)8-6-19/h5-8,12-15,17-18H,3-4,9-11,16H2,1-2H3,(H2,32,39)/t18-/m1/s1. The first-order valence-electron chi connectivity index (χ1n) is 13.5. The number of pyridine rings is 1. The molecular weight excluding hydrogens is 525 g/mol. The van der Waals surface area contributed by atoms with Crippen LogP contribution in [-0.4, -0.2) is 48.9 Å². The molecule has 0 fully saturated rings. The van der Waals surface area contributed by atoms with Crippen LogP contribution in [0.3, 0.4) is 0 Å². The van der Waals surface area contributed by atoms with E-state index in [-0.39, 0.29) is 23.3 Å². The van der Waals surface area contributed by atoms with Gasteiger partial charge in [0.05, 0.1) is 25.8 Å². The molecular formula is C30H30FN7O3. The quantitative estimate of drug-likeness (QED) is 0.301. The normalized spacial score (nSPS) is 13.8. The molecule has 1 atom stereocenters. The number of carbonyl (C=O) groups is 1. The summed E-state index contributed by atoms with van der Waals surface area (Å²) in [6, 6.07) is 13.0. The first-order chi connectivity index (χ1) is 19.9. The third kappa shape index (κ3) is 5.34. The summed E-state index contributed by atoms with van der Waals surface area (Å²) in [6.45, 7) is 3.58. The number of imidazole rings is 1. The maximum Gasteiger partial charge on any atom is 0.220 e.